The number of hydrogen-bond donors (Lipinski definition) is 2. The summed E-state index contributed by atoms with van der Waals surface area (Å²) in [4.78, 5) is 20.1. The fraction of sp³-hybridized carbons (Fsp3) is 0.150. The van der Waals surface area contributed by atoms with Crippen molar-refractivity contribution >= 4 is 21.3 Å². The number of ether oxygens (including phenoxy) is 1. The van der Waals surface area contributed by atoms with Gasteiger partial charge in [0.1, 0.15) is 5.56 Å². The van der Waals surface area contributed by atoms with Gasteiger partial charge in [0.05, 0.1) is 21.0 Å². The van der Waals surface area contributed by atoms with E-state index >= 15 is 0 Å². The first-order valence-electron chi connectivity index (χ1n) is 8.88. The van der Waals surface area contributed by atoms with Crippen molar-refractivity contribution in [2.45, 2.75) is 18.0 Å². The molecule has 0 aliphatic heterocycles. The first kappa shape index (κ1) is 23.1. The van der Waals surface area contributed by atoms with Gasteiger partial charge in [-0.3, -0.25) is 4.79 Å². The Hall–Kier alpha value is -3.54. The third-order valence-electron chi connectivity index (χ3n) is 4.17. The Labute approximate surface area is 180 Å². The molecule has 3 rings (SSSR count). The fourth-order valence-corrected chi connectivity index (χ4v) is 3.29. The molecular weight excluding hydrogens is 452 g/mol. The van der Waals surface area contributed by atoms with Crippen molar-refractivity contribution in [1.29, 1.82) is 4.78 Å². The van der Waals surface area contributed by atoms with Crippen LogP contribution in [0.4, 0.5) is 23.2 Å². The van der Waals surface area contributed by atoms with Crippen LogP contribution >= 0.6 is 0 Å². The number of carbonyl (C=O) groups is 1. The summed E-state index contributed by atoms with van der Waals surface area (Å²) in [5, 5.41) is 2.39. The molecule has 32 heavy (non-hydrogen) atoms. The molecule has 2 N–H and O–H groups in total. The van der Waals surface area contributed by atoms with Crippen molar-refractivity contribution in [3.8, 4) is 11.6 Å². The Morgan fingerprint density at radius 3 is 2.53 bits per heavy atom. The SMILES string of the molecule is Cc1nc(F)ccc1Oc1ncc(C(F)(F)F)cc1C(=O)Nc1cccc(S(C)(=N)=O)c1. The second kappa shape index (κ2) is 8.54. The summed E-state index contributed by atoms with van der Waals surface area (Å²) in [5.74, 6) is -2.23. The second-order valence-corrected chi connectivity index (χ2v) is 8.88. The van der Waals surface area contributed by atoms with E-state index in [1.54, 1.807) is 0 Å². The fourth-order valence-electron chi connectivity index (χ4n) is 2.60. The van der Waals surface area contributed by atoms with E-state index in [2.05, 4.69) is 15.3 Å². The molecule has 12 heteroatoms. The Morgan fingerprint density at radius 1 is 1.19 bits per heavy atom. The van der Waals surface area contributed by atoms with Crippen molar-refractivity contribution in [3.05, 3.63) is 71.4 Å². The summed E-state index contributed by atoms with van der Waals surface area (Å²) < 4.78 is 77.8. The molecule has 2 aromatic heterocycles. The van der Waals surface area contributed by atoms with Crippen LogP contribution in [0.3, 0.4) is 0 Å². The number of nitrogens with zero attached hydrogens (tertiary/aromatic N) is 2. The maximum atomic E-state index is 13.2. The molecule has 3 aromatic rings. The van der Waals surface area contributed by atoms with Crippen LogP contribution in [0.1, 0.15) is 21.6 Å². The number of pyridine rings is 2. The number of alkyl halides is 3. The Morgan fingerprint density at radius 2 is 1.91 bits per heavy atom. The Bertz CT molecular complexity index is 1290. The van der Waals surface area contributed by atoms with Gasteiger partial charge in [-0.15, -0.1) is 0 Å². The lowest BCUT2D eigenvalue weighted by Crippen LogP contribution is -2.16. The van der Waals surface area contributed by atoms with E-state index in [0.717, 1.165) is 6.07 Å². The summed E-state index contributed by atoms with van der Waals surface area (Å²) in [6.45, 7) is 1.41. The van der Waals surface area contributed by atoms with Crippen molar-refractivity contribution in [1.82, 2.24) is 9.97 Å². The molecule has 0 aliphatic carbocycles. The first-order valence-corrected chi connectivity index (χ1v) is 10.8. The smallest absolute Gasteiger partial charge is 0.417 e. The zero-order valence-electron chi connectivity index (χ0n) is 16.7. The van der Waals surface area contributed by atoms with Crippen LogP contribution < -0.4 is 10.1 Å². The molecule has 0 bridgehead atoms. The van der Waals surface area contributed by atoms with Gasteiger partial charge in [0.25, 0.3) is 5.91 Å². The lowest BCUT2D eigenvalue weighted by molar-refractivity contribution is -0.137. The van der Waals surface area contributed by atoms with Crippen LogP contribution in [0.15, 0.2) is 53.6 Å². The topological polar surface area (TPSA) is 105 Å². The number of benzene rings is 1. The molecule has 7 nitrogen and oxygen atoms in total. The number of hydrogen-bond acceptors (Lipinski definition) is 6. The number of rotatable bonds is 5. The second-order valence-electron chi connectivity index (χ2n) is 6.72. The highest BCUT2D eigenvalue weighted by atomic mass is 32.2. The Balaban J connectivity index is 2.01. The third kappa shape index (κ3) is 5.38. The maximum Gasteiger partial charge on any atom is 0.417 e. The van der Waals surface area contributed by atoms with Gasteiger partial charge in [-0.2, -0.15) is 17.6 Å². The average Bonchev–Trinajstić information content (AvgIpc) is 2.69. The summed E-state index contributed by atoms with van der Waals surface area (Å²) >= 11 is 0. The molecule has 1 unspecified atom stereocenters. The minimum Gasteiger partial charge on any atom is -0.436 e. The Kier molecular flexibility index (Phi) is 6.17. The molecule has 1 aromatic carbocycles. The number of anilines is 1. The standard InChI is InChI=1S/C20H16F4N4O3S/c1-11-16(6-7-17(21)27-11)31-19-15(8-12(10-26-19)20(22,23)24)18(29)28-13-4-3-5-14(9-13)32(2,25)30/h3-10,25H,1-2H3,(H,28,29). The summed E-state index contributed by atoms with van der Waals surface area (Å²) in [7, 11) is -3.08. The number of aromatic nitrogens is 2. The molecule has 0 fully saturated rings. The molecule has 0 saturated heterocycles. The summed E-state index contributed by atoms with van der Waals surface area (Å²) in [6, 6.07) is 8.33. The molecule has 168 valence electrons. The summed E-state index contributed by atoms with van der Waals surface area (Å²) in [6.07, 6.45) is -3.08. The van der Waals surface area contributed by atoms with E-state index in [0.29, 0.717) is 12.3 Å². The zero-order chi connectivity index (χ0) is 23.7. The molecule has 0 spiro atoms. The van der Waals surface area contributed by atoms with Crippen LogP contribution in [0.2, 0.25) is 0 Å². The van der Waals surface area contributed by atoms with Crippen LogP contribution in [0.25, 0.3) is 0 Å². The molecule has 1 atom stereocenters. The molecular formula is C20H16F4N4O3S. The van der Waals surface area contributed by atoms with E-state index in [1.807, 2.05) is 0 Å². The van der Waals surface area contributed by atoms with Crippen molar-refractivity contribution in [2.24, 2.45) is 0 Å². The van der Waals surface area contributed by atoms with Crippen LogP contribution in [-0.4, -0.2) is 26.3 Å². The zero-order valence-corrected chi connectivity index (χ0v) is 17.5. The van der Waals surface area contributed by atoms with Gasteiger partial charge in [0, 0.05) is 23.0 Å². The van der Waals surface area contributed by atoms with Crippen molar-refractivity contribution in [2.75, 3.05) is 11.6 Å². The number of carbonyl (C=O) groups excluding carboxylic acids is 1. The van der Waals surface area contributed by atoms with Crippen LogP contribution in [-0.2, 0) is 15.9 Å². The van der Waals surface area contributed by atoms with Gasteiger partial charge in [0.15, 0.2) is 5.75 Å². The summed E-state index contributed by atoms with van der Waals surface area (Å²) in [5.41, 5.74) is -1.52. The minimum atomic E-state index is -4.77. The van der Waals surface area contributed by atoms with Crippen LogP contribution in [0, 0.1) is 17.7 Å². The van der Waals surface area contributed by atoms with Crippen LogP contribution in [0.5, 0.6) is 11.6 Å². The average molecular weight is 468 g/mol. The van der Waals surface area contributed by atoms with Gasteiger partial charge in [-0.25, -0.2) is 19.0 Å². The lowest BCUT2D eigenvalue weighted by atomic mass is 10.1. The highest BCUT2D eigenvalue weighted by molar-refractivity contribution is 7.91. The molecule has 2 heterocycles. The van der Waals surface area contributed by atoms with Gasteiger partial charge in [-0.1, -0.05) is 6.07 Å². The predicted octanol–water partition coefficient (Wildman–Crippen LogP) is 5.02. The van der Waals surface area contributed by atoms with E-state index in [4.69, 9.17) is 9.52 Å². The normalized spacial score (nSPS) is 13.3. The van der Waals surface area contributed by atoms with E-state index in [1.165, 1.54) is 43.5 Å². The third-order valence-corrected chi connectivity index (χ3v) is 5.33. The first-order chi connectivity index (χ1) is 14.8. The van der Waals surface area contributed by atoms with Crippen molar-refractivity contribution < 1.29 is 31.3 Å². The van der Waals surface area contributed by atoms with E-state index in [-0.39, 0.29) is 22.0 Å². The number of nitrogens with one attached hydrogen (secondary N) is 2. The quantitative estimate of drug-likeness (QED) is 0.404. The van der Waals surface area contributed by atoms with Gasteiger partial charge >= 0.3 is 6.18 Å². The molecule has 0 radical (unpaired) electrons. The molecule has 1 amide bonds. The highest BCUT2D eigenvalue weighted by Crippen LogP contribution is 2.33. The molecule has 0 aliphatic rings. The van der Waals surface area contributed by atoms with Crippen molar-refractivity contribution in [3.63, 3.8) is 0 Å². The van der Waals surface area contributed by atoms with Gasteiger partial charge in [0.2, 0.25) is 11.8 Å². The largest absolute Gasteiger partial charge is 0.436 e. The van der Waals surface area contributed by atoms with E-state index in [9.17, 15) is 26.6 Å². The number of aryl methyl sites for hydroxylation is 1. The van der Waals surface area contributed by atoms with Gasteiger partial charge in [-0.05, 0) is 43.3 Å². The van der Waals surface area contributed by atoms with E-state index < -0.39 is 44.8 Å². The maximum absolute atomic E-state index is 13.2. The number of halogens is 4. The molecule has 0 saturated carbocycles. The highest BCUT2D eigenvalue weighted by Gasteiger charge is 2.33. The lowest BCUT2D eigenvalue weighted by Gasteiger charge is -2.14. The predicted molar refractivity (Wildman–Crippen MR) is 108 cm³/mol. The monoisotopic (exact) mass is 468 g/mol. The minimum absolute atomic E-state index is 0.00497. The number of amides is 1. The van der Waals surface area contributed by atoms with Gasteiger partial charge < -0.3 is 10.1 Å².